The summed E-state index contributed by atoms with van der Waals surface area (Å²) in [7, 11) is 1.79. The van der Waals surface area contributed by atoms with E-state index in [2.05, 4.69) is 5.32 Å². The number of benzene rings is 1. The van der Waals surface area contributed by atoms with Crippen LogP contribution in [0.5, 0.6) is 0 Å². The first-order valence-corrected chi connectivity index (χ1v) is 3.83. The van der Waals surface area contributed by atoms with Crippen LogP contribution in [0, 0.1) is 0 Å². The summed E-state index contributed by atoms with van der Waals surface area (Å²) >= 11 is 11.5. The highest BCUT2D eigenvalue weighted by Crippen LogP contribution is 2.30. The highest BCUT2D eigenvalue weighted by molar-refractivity contribution is 6.39. The number of hydrogen-bond donors (Lipinski definition) is 2. The van der Waals surface area contributed by atoms with Crippen LogP contribution in [0.3, 0.4) is 0 Å². The van der Waals surface area contributed by atoms with Gasteiger partial charge in [0.15, 0.2) is 0 Å². The quantitative estimate of drug-likeness (QED) is 0.669. The molecule has 0 heterocycles. The summed E-state index contributed by atoms with van der Waals surface area (Å²) < 4.78 is 0. The molecule has 4 heteroatoms. The summed E-state index contributed by atoms with van der Waals surface area (Å²) in [5, 5.41) is 3.86. The first kappa shape index (κ1) is 8.50. The Labute approximate surface area is 75.3 Å². The standard InChI is InChI=1S/C7H8Cl2N2/c1-11-4-2-5(8)7(10)6(9)3-4/h2-3,11H,10H2,1H3. The third kappa shape index (κ3) is 1.70. The summed E-state index contributed by atoms with van der Waals surface area (Å²) in [6.45, 7) is 0. The van der Waals surface area contributed by atoms with Crippen molar-refractivity contribution < 1.29 is 0 Å². The molecule has 1 rings (SSSR count). The number of rotatable bonds is 1. The fourth-order valence-corrected chi connectivity index (χ4v) is 1.22. The predicted molar refractivity (Wildman–Crippen MR) is 50.4 cm³/mol. The third-order valence-corrected chi connectivity index (χ3v) is 1.99. The van der Waals surface area contributed by atoms with Crippen molar-refractivity contribution in [1.29, 1.82) is 0 Å². The molecule has 0 aromatic heterocycles. The lowest BCUT2D eigenvalue weighted by Crippen LogP contribution is -1.92. The maximum absolute atomic E-state index is 5.75. The van der Waals surface area contributed by atoms with Gasteiger partial charge in [0.25, 0.3) is 0 Å². The molecule has 0 saturated heterocycles. The Balaban J connectivity index is 3.21. The summed E-state index contributed by atoms with van der Waals surface area (Å²) in [6, 6.07) is 3.45. The van der Waals surface area contributed by atoms with Gasteiger partial charge >= 0.3 is 0 Å². The van der Waals surface area contributed by atoms with Crippen LogP contribution < -0.4 is 11.1 Å². The van der Waals surface area contributed by atoms with Gasteiger partial charge in [-0.15, -0.1) is 0 Å². The molecule has 2 nitrogen and oxygen atoms in total. The second kappa shape index (κ2) is 3.20. The van der Waals surface area contributed by atoms with Gasteiger partial charge in [0.2, 0.25) is 0 Å². The van der Waals surface area contributed by atoms with Gasteiger partial charge in [-0.2, -0.15) is 0 Å². The van der Waals surface area contributed by atoms with Gasteiger partial charge in [-0.3, -0.25) is 0 Å². The first-order valence-electron chi connectivity index (χ1n) is 3.07. The van der Waals surface area contributed by atoms with Crippen LogP contribution in [0.4, 0.5) is 11.4 Å². The molecule has 60 valence electrons. The molecule has 0 spiro atoms. The van der Waals surface area contributed by atoms with E-state index in [0.29, 0.717) is 15.7 Å². The molecule has 0 amide bonds. The highest BCUT2D eigenvalue weighted by atomic mass is 35.5. The van der Waals surface area contributed by atoms with Crippen LogP contribution in [-0.4, -0.2) is 7.05 Å². The lowest BCUT2D eigenvalue weighted by atomic mass is 10.3. The molecule has 0 fully saturated rings. The van der Waals surface area contributed by atoms with Gasteiger partial charge in [0, 0.05) is 12.7 Å². The second-order valence-corrected chi connectivity index (χ2v) is 2.92. The SMILES string of the molecule is CNc1cc(Cl)c(N)c(Cl)c1. The van der Waals surface area contributed by atoms with Gasteiger partial charge in [0.1, 0.15) is 0 Å². The molecular formula is C7H8Cl2N2. The smallest absolute Gasteiger partial charge is 0.0694 e. The van der Waals surface area contributed by atoms with Crippen LogP contribution in [0.15, 0.2) is 12.1 Å². The summed E-state index contributed by atoms with van der Waals surface area (Å²) in [5.41, 5.74) is 6.79. The number of hydrogen-bond acceptors (Lipinski definition) is 2. The molecule has 0 unspecified atom stereocenters. The first-order chi connectivity index (χ1) is 5.15. The van der Waals surface area contributed by atoms with E-state index in [4.69, 9.17) is 28.9 Å². The van der Waals surface area contributed by atoms with E-state index in [-0.39, 0.29) is 0 Å². The van der Waals surface area contributed by atoms with Crippen LogP contribution in [0.2, 0.25) is 10.0 Å². The topological polar surface area (TPSA) is 38.0 Å². The molecular weight excluding hydrogens is 183 g/mol. The molecule has 0 aliphatic rings. The Hall–Kier alpha value is -0.600. The largest absolute Gasteiger partial charge is 0.396 e. The number of nitrogens with one attached hydrogen (secondary N) is 1. The fourth-order valence-electron chi connectivity index (χ4n) is 0.729. The Bertz CT molecular complexity index is 250. The maximum Gasteiger partial charge on any atom is 0.0694 e. The summed E-state index contributed by atoms with van der Waals surface area (Å²) in [6.07, 6.45) is 0. The average molecular weight is 191 g/mol. The van der Waals surface area contributed by atoms with Crippen LogP contribution >= 0.6 is 23.2 Å². The Kier molecular flexibility index (Phi) is 2.47. The normalized spacial score (nSPS) is 9.73. The Morgan fingerprint density at radius 1 is 1.27 bits per heavy atom. The van der Waals surface area contributed by atoms with Crippen LogP contribution in [0.25, 0.3) is 0 Å². The average Bonchev–Trinajstić information content (AvgIpc) is 1.99. The number of nitrogen functional groups attached to an aromatic ring is 1. The zero-order valence-corrected chi connectivity index (χ0v) is 7.50. The number of anilines is 2. The lowest BCUT2D eigenvalue weighted by molar-refractivity contribution is 1.51. The van der Waals surface area contributed by atoms with Crippen molar-refractivity contribution >= 4 is 34.6 Å². The zero-order chi connectivity index (χ0) is 8.43. The minimum Gasteiger partial charge on any atom is -0.396 e. The van der Waals surface area contributed by atoms with Crippen LogP contribution in [0.1, 0.15) is 0 Å². The summed E-state index contributed by atoms with van der Waals surface area (Å²) in [5.74, 6) is 0. The van der Waals surface area contributed by atoms with Crippen molar-refractivity contribution in [2.75, 3.05) is 18.1 Å². The highest BCUT2D eigenvalue weighted by Gasteiger charge is 2.02. The van der Waals surface area contributed by atoms with Crippen molar-refractivity contribution in [3.8, 4) is 0 Å². The van der Waals surface area contributed by atoms with E-state index in [9.17, 15) is 0 Å². The molecule has 0 atom stereocenters. The monoisotopic (exact) mass is 190 g/mol. The molecule has 1 aromatic carbocycles. The Morgan fingerprint density at radius 2 is 1.73 bits per heavy atom. The number of nitrogens with two attached hydrogens (primary N) is 1. The van der Waals surface area contributed by atoms with Gasteiger partial charge in [-0.1, -0.05) is 23.2 Å². The van der Waals surface area contributed by atoms with Gasteiger partial charge in [-0.05, 0) is 12.1 Å². The van der Waals surface area contributed by atoms with Crippen molar-refractivity contribution in [3.05, 3.63) is 22.2 Å². The predicted octanol–water partition coefficient (Wildman–Crippen LogP) is 2.62. The van der Waals surface area contributed by atoms with Crippen molar-refractivity contribution in [1.82, 2.24) is 0 Å². The zero-order valence-electron chi connectivity index (χ0n) is 5.99. The van der Waals surface area contributed by atoms with E-state index in [1.165, 1.54) is 0 Å². The Morgan fingerprint density at radius 3 is 2.09 bits per heavy atom. The van der Waals surface area contributed by atoms with Crippen molar-refractivity contribution in [2.45, 2.75) is 0 Å². The van der Waals surface area contributed by atoms with Crippen LogP contribution in [-0.2, 0) is 0 Å². The number of halogens is 2. The lowest BCUT2D eigenvalue weighted by Gasteiger charge is -2.04. The van der Waals surface area contributed by atoms with E-state index in [0.717, 1.165) is 5.69 Å². The molecule has 0 saturated carbocycles. The van der Waals surface area contributed by atoms with Gasteiger partial charge in [-0.25, -0.2) is 0 Å². The third-order valence-electron chi connectivity index (χ3n) is 1.37. The van der Waals surface area contributed by atoms with E-state index >= 15 is 0 Å². The minimum atomic E-state index is 0.423. The molecule has 3 N–H and O–H groups in total. The summed E-state index contributed by atoms with van der Waals surface area (Å²) in [4.78, 5) is 0. The minimum absolute atomic E-state index is 0.423. The van der Waals surface area contributed by atoms with E-state index in [1.807, 2.05) is 0 Å². The molecule has 0 aliphatic heterocycles. The molecule has 1 aromatic rings. The second-order valence-electron chi connectivity index (χ2n) is 2.10. The molecule has 0 radical (unpaired) electrons. The van der Waals surface area contributed by atoms with Crippen molar-refractivity contribution in [3.63, 3.8) is 0 Å². The molecule has 11 heavy (non-hydrogen) atoms. The van der Waals surface area contributed by atoms with E-state index < -0.39 is 0 Å². The molecule has 0 bridgehead atoms. The van der Waals surface area contributed by atoms with Gasteiger partial charge in [0.05, 0.1) is 15.7 Å². The van der Waals surface area contributed by atoms with Gasteiger partial charge < -0.3 is 11.1 Å². The van der Waals surface area contributed by atoms with E-state index in [1.54, 1.807) is 19.2 Å². The molecule has 0 aliphatic carbocycles. The fraction of sp³-hybridized carbons (Fsp3) is 0.143. The maximum atomic E-state index is 5.75. The van der Waals surface area contributed by atoms with Crippen molar-refractivity contribution in [2.24, 2.45) is 0 Å².